The second kappa shape index (κ2) is 9.35. The van der Waals surface area contributed by atoms with Crippen molar-refractivity contribution in [1.82, 2.24) is 10.6 Å². The lowest BCUT2D eigenvalue weighted by Gasteiger charge is -2.43. The molecule has 0 radical (unpaired) electrons. The van der Waals surface area contributed by atoms with Crippen LogP contribution in [0.1, 0.15) is 30.5 Å². The number of ether oxygens (including phenoxy) is 4. The van der Waals surface area contributed by atoms with Crippen LogP contribution in [-0.4, -0.2) is 55.4 Å². The molecule has 6 rings (SSSR count). The highest BCUT2D eigenvalue weighted by atomic mass is 16.8. The summed E-state index contributed by atoms with van der Waals surface area (Å²) in [4.78, 5) is 12.1. The predicted molar refractivity (Wildman–Crippen MR) is 138 cm³/mol. The van der Waals surface area contributed by atoms with Crippen molar-refractivity contribution in [1.29, 1.82) is 0 Å². The average molecular weight is 501 g/mol. The van der Waals surface area contributed by atoms with Gasteiger partial charge in [-0.2, -0.15) is 0 Å². The van der Waals surface area contributed by atoms with E-state index in [4.69, 9.17) is 18.9 Å². The van der Waals surface area contributed by atoms with Crippen LogP contribution in [-0.2, 0) is 29.3 Å². The fraction of sp³-hybridized carbons (Fsp3) is 0.367. The third-order valence-electron chi connectivity index (χ3n) is 7.59. The Labute approximate surface area is 217 Å². The first-order valence-corrected chi connectivity index (χ1v) is 12.8. The lowest BCUT2D eigenvalue weighted by Crippen LogP contribution is -2.71. The number of carbonyl (C=O) groups excluding carboxylic acids is 1. The Balaban J connectivity index is 1.41. The maximum atomic E-state index is 12.1. The first kappa shape index (κ1) is 24.3. The quantitative estimate of drug-likeness (QED) is 0.506. The molecule has 0 bridgehead atoms. The fourth-order valence-corrected chi connectivity index (χ4v) is 5.85. The summed E-state index contributed by atoms with van der Waals surface area (Å²) in [6, 6.07) is 30.7. The van der Waals surface area contributed by atoms with E-state index >= 15 is 0 Å². The molecule has 3 aromatic rings. The van der Waals surface area contributed by atoms with Crippen molar-refractivity contribution >= 4 is 5.91 Å². The average Bonchev–Trinajstić information content (AvgIpc) is 3.38. The van der Waals surface area contributed by atoms with Gasteiger partial charge < -0.3 is 24.3 Å². The van der Waals surface area contributed by atoms with E-state index in [1.54, 1.807) is 0 Å². The summed E-state index contributed by atoms with van der Waals surface area (Å²) in [5, 5.41) is 6.44. The number of hydrogen-bond donors (Lipinski definition) is 2. The molecule has 0 saturated carbocycles. The van der Waals surface area contributed by atoms with E-state index in [9.17, 15) is 4.79 Å². The highest BCUT2D eigenvalue weighted by Gasteiger charge is 2.64. The molecule has 192 valence electrons. The first-order valence-electron chi connectivity index (χ1n) is 12.8. The predicted octanol–water partition coefficient (Wildman–Crippen LogP) is 3.33. The third kappa shape index (κ3) is 4.17. The summed E-state index contributed by atoms with van der Waals surface area (Å²) >= 11 is 0. The van der Waals surface area contributed by atoms with Gasteiger partial charge >= 0.3 is 0 Å². The number of benzene rings is 3. The lowest BCUT2D eigenvalue weighted by molar-refractivity contribution is -0.222. The molecule has 7 nitrogen and oxygen atoms in total. The Morgan fingerprint density at radius 2 is 1.41 bits per heavy atom. The fourth-order valence-electron chi connectivity index (χ4n) is 5.85. The van der Waals surface area contributed by atoms with Gasteiger partial charge in [-0.25, -0.2) is 0 Å². The molecule has 0 aliphatic carbocycles. The number of amides is 1. The molecule has 37 heavy (non-hydrogen) atoms. The molecule has 4 atom stereocenters. The molecule has 0 unspecified atom stereocenters. The maximum Gasteiger partial charge on any atom is 0.234 e. The number of rotatable bonds is 6. The zero-order chi connectivity index (χ0) is 25.5. The van der Waals surface area contributed by atoms with Gasteiger partial charge in [-0.3, -0.25) is 10.1 Å². The standard InChI is InChI=1S/C30H32N2O5/c1-28(2)36-26-27(37-28)35-24(29(26)20-31-25(33)18-32-29)19-34-30(21-12-6-3-7-13-21,22-14-8-4-9-15-22)23-16-10-5-11-17-23/h3-17,24,26-27,32H,18-20H2,1-2H3,(H,31,33)/t24-,26+,27-,29-/m1/s1. The Kier molecular flexibility index (Phi) is 6.13. The topological polar surface area (TPSA) is 78.0 Å². The molecule has 3 heterocycles. The van der Waals surface area contributed by atoms with Crippen molar-refractivity contribution in [2.45, 2.75) is 49.3 Å². The van der Waals surface area contributed by atoms with Gasteiger partial charge in [-0.1, -0.05) is 91.0 Å². The zero-order valence-electron chi connectivity index (χ0n) is 21.1. The highest BCUT2D eigenvalue weighted by Crippen LogP contribution is 2.46. The molecule has 3 saturated heterocycles. The van der Waals surface area contributed by atoms with Crippen molar-refractivity contribution in [2.75, 3.05) is 19.7 Å². The van der Waals surface area contributed by atoms with Crippen LogP contribution >= 0.6 is 0 Å². The molecule has 1 amide bonds. The van der Waals surface area contributed by atoms with Crippen LogP contribution in [0.25, 0.3) is 0 Å². The van der Waals surface area contributed by atoms with Crippen LogP contribution in [0.2, 0.25) is 0 Å². The van der Waals surface area contributed by atoms with Crippen molar-refractivity contribution < 1.29 is 23.7 Å². The van der Waals surface area contributed by atoms with Gasteiger partial charge in [0.05, 0.1) is 18.7 Å². The summed E-state index contributed by atoms with van der Waals surface area (Å²) in [6.45, 7) is 4.52. The van der Waals surface area contributed by atoms with E-state index in [0.29, 0.717) is 6.54 Å². The molecular formula is C30H32N2O5. The van der Waals surface area contributed by atoms with Crippen molar-refractivity contribution in [2.24, 2.45) is 0 Å². The van der Waals surface area contributed by atoms with E-state index in [2.05, 4.69) is 47.0 Å². The summed E-state index contributed by atoms with van der Waals surface area (Å²) in [7, 11) is 0. The Morgan fingerprint density at radius 3 is 1.89 bits per heavy atom. The van der Waals surface area contributed by atoms with E-state index in [1.807, 2.05) is 68.4 Å². The van der Waals surface area contributed by atoms with Crippen LogP contribution in [0, 0.1) is 0 Å². The largest absolute Gasteiger partial charge is 0.358 e. The number of nitrogens with one attached hydrogen (secondary N) is 2. The van der Waals surface area contributed by atoms with Crippen molar-refractivity contribution in [3.05, 3.63) is 108 Å². The van der Waals surface area contributed by atoms with Gasteiger partial charge in [0, 0.05) is 6.54 Å². The second-order valence-electron chi connectivity index (χ2n) is 10.3. The number of piperazine rings is 1. The summed E-state index contributed by atoms with van der Waals surface area (Å²) < 4.78 is 25.9. The van der Waals surface area contributed by atoms with E-state index < -0.39 is 35.4 Å². The zero-order valence-corrected chi connectivity index (χ0v) is 21.1. The lowest BCUT2D eigenvalue weighted by atomic mass is 9.79. The molecule has 3 aliphatic rings. The van der Waals surface area contributed by atoms with E-state index in [1.165, 1.54) is 0 Å². The Morgan fingerprint density at radius 1 is 0.865 bits per heavy atom. The van der Waals surface area contributed by atoms with Crippen LogP contribution in [0.15, 0.2) is 91.0 Å². The maximum absolute atomic E-state index is 12.1. The summed E-state index contributed by atoms with van der Waals surface area (Å²) in [5.74, 6) is -0.835. The van der Waals surface area contributed by atoms with Crippen LogP contribution < -0.4 is 10.6 Å². The molecule has 0 aromatic heterocycles. The molecule has 3 fully saturated rings. The van der Waals surface area contributed by atoms with Gasteiger partial charge in [0.2, 0.25) is 5.91 Å². The first-order chi connectivity index (χ1) is 17.9. The van der Waals surface area contributed by atoms with Crippen LogP contribution in [0.4, 0.5) is 0 Å². The molecule has 1 spiro atoms. The minimum absolute atomic E-state index is 0.0564. The number of fused-ring (bicyclic) bond motifs is 2. The van der Waals surface area contributed by atoms with Gasteiger partial charge in [-0.15, -0.1) is 0 Å². The smallest absolute Gasteiger partial charge is 0.234 e. The molecule has 7 heteroatoms. The molecule has 2 N–H and O–H groups in total. The minimum Gasteiger partial charge on any atom is -0.358 e. The molecular weight excluding hydrogens is 468 g/mol. The van der Waals surface area contributed by atoms with Crippen molar-refractivity contribution in [3.8, 4) is 0 Å². The normalized spacial score (nSPS) is 28.7. The van der Waals surface area contributed by atoms with E-state index in [0.717, 1.165) is 16.7 Å². The van der Waals surface area contributed by atoms with E-state index in [-0.39, 0.29) is 19.1 Å². The van der Waals surface area contributed by atoms with Gasteiger partial charge in [0.25, 0.3) is 0 Å². The third-order valence-corrected chi connectivity index (χ3v) is 7.59. The summed E-state index contributed by atoms with van der Waals surface area (Å²) in [6.07, 6.45) is -1.39. The van der Waals surface area contributed by atoms with Crippen molar-refractivity contribution in [3.63, 3.8) is 0 Å². The second-order valence-corrected chi connectivity index (χ2v) is 10.3. The minimum atomic E-state index is -0.884. The molecule has 3 aromatic carbocycles. The van der Waals surface area contributed by atoms with Gasteiger partial charge in [0.15, 0.2) is 12.1 Å². The Hall–Kier alpha value is -3.07. The number of carbonyl (C=O) groups is 1. The monoisotopic (exact) mass is 500 g/mol. The molecule has 3 aliphatic heterocycles. The van der Waals surface area contributed by atoms with Gasteiger partial charge in [0.1, 0.15) is 17.8 Å². The van der Waals surface area contributed by atoms with Crippen LogP contribution in [0.3, 0.4) is 0 Å². The summed E-state index contributed by atoms with van der Waals surface area (Å²) in [5.41, 5.74) is 1.46. The van der Waals surface area contributed by atoms with Gasteiger partial charge in [-0.05, 0) is 30.5 Å². The highest BCUT2D eigenvalue weighted by molar-refractivity contribution is 5.79. The Bertz CT molecular complexity index is 1130. The number of hydrogen-bond acceptors (Lipinski definition) is 6. The van der Waals surface area contributed by atoms with Crippen LogP contribution in [0.5, 0.6) is 0 Å². The SMILES string of the molecule is CC1(C)O[C@H]2O[C@H](COC(c3ccccc3)(c3ccccc3)c3ccccc3)[C@]3(CNC(=O)CN3)[C@H]2O1.